The lowest BCUT2D eigenvalue weighted by Crippen LogP contribution is -2.40. The summed E-state index contributed by atoms with van der Waals surface area (Å²) in [4.78, 5) is 24.3. The molecule has 0 aromatic carbocycles. The SMILES string of the molecule is Nc1nonc1C(=O)N1CCCC(CCC(=O)O)C1. The molecule has 2 rings (SSSR count). The predicted octanol–water partition coefficient (Wildman–Crippen LogP) is 0.369. The summed E-state index contributed by atoms with van der Waals surface area (Å²) in [5.41, 5.74) is 5.52. The number of amides is 1. The van der Waals surface area contributed by atoms with Gasteiger partial charge >= 0.3 is 5.97 Å². The Hall–Kier alpha value is -2.12. The van der Waals surface area contributed by atoms with Crippen molar-refractivity contribution in [2.24, 2.45) is 5.92 Å². The third-order valence-corrected chi connectivity index (χ3v) is 3.29. The largest absolute Gasteiger partial charge is 0.481 e. The Labute approximate surface area is 109 Å². The number of rotatable bonds is 4. The van der Waals surface area contributed by atoms with Gasteiger partial charge in [0.1, 0.15) is 0 Å². The van der Waals surface area contributed by atoms with E-state index in [0.29, 0.717) is 19.5 Å². The molecule has 0 radical (unpaired) electrons. The van der Waals surface area contributed by atoms with Gasteiger partial charge in [-0.1, -0.05) is 0 Å². The van der Waals surface area contributed by atoms with Crippen LogP contribution in [0.1, 0.15) is 36.2 Å². The number of nitrogens with two attached hydrogens (primary N) is 1. The van der Waals surface area contributed by atoms with E-state index in [1.165, 1.54) is 0 Å². The first-order valence-electron chi connectivity index (χ1n) is 6.17. The van der Waals surface area contributed by atoms with E-state index in [1.54, 1.807) is 4.90 Å². The molecule has 1 unspecified atom stereocenters. The average Bonchev–Trinajstić information content (AvgIpc) is 2.82. The minimum Gasteiger partial charge on any atom is -0.481 e. The zero-order chi connectivity index (χ0) is 13.8. The number of aliphatic carboxylic acids is 1. The quantitative estimate of drug-likeness (QED) is 0.808. The molecule has 1 atom stereocenters. The first-order valence-corrected chi connectivity index (χ1v) is 6.17. The van der Waals surface area contributed by atoms with Gasteiger partial charge in [0.15, 0.2) is 0 Å². The van der Waals surface area contributed by atoms with Gasteiger partial charge in [-0.25, -0.2) is 4.63 Å². The molecule has 1 fully saturated rings. The molecule has 8 nitrogen and oxygen atoms in total. The van der Waals surface area contributed by atoms with E-state index in [-0.39, 0.29) is 29.8 Å². The second-order valence-corrected chi connectivity index (χ2v) is 4.69. The fraction of sp³-hybridized carbons (Fsp3) is 0.636. The number of carbonyl (C=O) groups is 2. The molecule has 1 saturated heterocycles. The Balaban J connectivity index is 1.95. The number of carbonyl (C=O) groups excluding carboxylic acids is 1. The Morgan fingerprint density at radius 2 is 2.26 bits per heavy atom. The van der Waals surface area contributed by atoms with Crippen LogP contribution >= 0.6 is 0 Å². The van der Waals surface area contributed by atoms with Gasteiger partial charge in [0.25, 0.3) is 5.91 Å². The van der Waals surface area contributed by atoms with Crippen molar-refractivity contribution in [2.75, 3.05) is 18.8 Å². The van der Waals surface area contributed by atoms with Crippen molar-refractivity contribution in [3.63, 3.8) is 0 Å². The van der Waals surface area contributed by atoms with Crippen LogP contribution in [0.5, 0.6) is 0 Å². The lowest BCUT2D eigenvalue weighted by Gasteiger charge is -2.32. The third-order valence-electron chi connectivity index (χ3n) is 3.29. The highest BCUT2D eigenvalue weighted by Gasteiger charge is 2.28. The summed E-state index contributed by atoms with van der Waals surface area (Å²) in [6.45, 7) is 1.15. The maximum absolute atomic E-state index is 12.1. The molecule has 3 N–H and O–H groups in total. The summed E-state index contributed by atoms with van der Waals surface area (Å²) < 4.78 is 4.41. The van der Waals surface area contributed by atoms with E-state index in [4.69, 9.17) is 10.8 Å². The van der Waals surface area contributed by atoms with Crippen LogP contribution in [0.25, 0.3) is 0 Å². The molecule has 104 valence electrons. The molecular formula is C11H16N4O4. The number of carboxylic acids is 1. The van der Waals surface area contributed by atoms with Gasteiger partial charge in [-0.05, 0) is 35.5 Å². The maximum atomic E-state index is 12.1. The van der Waals surface area contributed by atoms with Crippen molar-refractivity contribution in [1.82, 2.24) is 15.2 Å². The van der Waals surface area contributed by atoms with E-state index >= 15 is 0 Å². The molecule has 1 aliphatic rings. The Bertz CT molecular complexity index is 473. The summed E-state index contributed by atoms with van der Waals surface area (Å²) >= 11 is 0. The molecule has 19 heavy (non-hydrogen) atoms. The number of nitrogen functional groups attached to an aromatic ring is 1. The van der Waals surface area contributed by atoms with Crippen LogP contribution in [0, 0.1) is 5.92 Å². The summed E-state index contributed by atoms with van der Waals surface area (Å²) in [6.07, 6.45) is 2.48. The molecule has 1 amide bonds. The van der Waals surface area contributed by atoms with Gasteiger partial charge in [0, 0.05) is 19.5 Å². The molecule has 0 aliphatic carbocycles. The molecule has 1 aliphatic heterocycles. The van der Waals surface area contributed by atoms with Gasteiger partial charge in [-0.2, -0.15) is 0 Å². The molecule has 1 aromatic heterocycles. The highest BCUT2D eigenvalue weighted by atomic mass is 16.6. The average molecular weight is 268 g/mol. The van der Waals surface area contributed by atoms with E-state index in [2.05, 4.69) is 14.9 Å². The Kier molecular flexibility index (Phi) is 3.98. The van der Waals surface area contributed by atoms with Crippen LogP contribution in [0.4, 0.5) is 5.82 Å². The maximum Gasteiger partial charge on any atom is 0.303 e. The number of piperidine rings is 1. The molecule has 1 aromatic rings. The van der Waals surface area contributed by atoms with Crippen molar-refractivity contribution in [3.8, 4) is 0 Å². The van der Waals surface area contributed by atoms with Gasteiger partial charge in [-0.3, -0.25) is 9.59 Å². The minimum absolute atomic E-state index is 0.0161. The van der Waals surface area contributed by atoms with E-state index in [0.717, 1.165) is 12.8 Å². The van der Waals surface area contributed by atoms with Crippen LogP contribution < -0.4 is 5.73 Å². The number of anilines is 1. The monoisotopic (exact) mass is 268 g/mol. The van der Waals surface area contributed by atoms with E-state index in [1.807, 2.05) is 0 Å². The Morgan fingerprint density at radius 1 is 1.47 bits per heavy atom. The number of aromatic nitrogens is 2. The van der Waals surface area contributed by atoms with E-state index < -0.39 is 5.97 Å². The van der Waals surface area contributed by atoms with Crippen molar-refractivity contribution < 1.29 is 19.3 Å². The number of nitrogens with zero attached hydrogens (tertiary/aromatic N) is 3. The van der Waals surface area contributed by atoms with Crippen molar-refractivity contribution in [2.45, 2.75) is 25.7 Å². The molecule has 2 heterocycles. The van der Waals surface area contributed by atoms with Crippen LogP contribution in [0.3, 0.4) is 0 Å². The summed E-state index contributed by atoms with van der Waals surface area (Å²) in [5.74, 6) is -0.931. The number of likely N-dealkylation sites (tertiary alicyclic amines) is 1. The van der Waals surface area contributed by atoms with Gasteiger partial charge in [0.05, 0.1) is 0 Å². The Morgan fingerprint density at radius 3 is 2.89 bits per heavy atom. The summed E-state index contributed by atoms with van der Waals surface area (Å²) in [7, 11) is 0. The van der Waals surface area contributed by atoms with Crippen LogP contribution in [0.15, 0.2) is 4.63 Å². The van der Waals surface area contributed by atoms with Crippen molar-refractivity contribution in [3.05, 3.63) is 5.69 Å². The van der Waals surface area contributed by atoms with Crippen molar-refractivity contribution in [1.29, 1.82) is 0 Å². The fourth-order valence-electron chi connectivity index (χ4n) is 2.31. The molecule has 0 spiro atoms. The lowest BCUT2D eigenvalue weighted by atomic mass is 9.93. The number of hydrogen-bond donors (Lipinski definition) is 2. The predicted molar refractivity (Wildman–Crippen MR) is 64.2 cm³/mol. The van der Waals surface area contributed by atoms with Gasteiger partial charge < -0.3 is 15.7 Å². The highest BCUT2D eigenvalue weighted by molar-refractivity contribution is 5.96. The first kappa shape index (κ1) is 13.3. The second-order valence-electron chi connectivity index (χ2n) is 4.69. The second kappa shape index (κ2) is 5.68. The highest BCUT2D eigenvalue weighted by Crippen LogP contribution is 2.22. The zero-order valence-electron chi connectivity index (χ0n) is 10.4. The first-order chi connectivity index (χ1) is 9.08. The fourth-order valence-corrected chi connectivity index (χ4v) is 2.31. The van der Waals surface area contributed by atoms with Crippen molar-refractivity contribution >= 4 is 17.7 Å². The van der Waals surface area contributed by atoms with Crippen LogP contribution in [-0.4, -0.2) is 45.3 Å². The molecule has 0 bridgehead atoms. The smallest absolute Gasteiger partial charge is 0.303 e. The van der Waals surface area contributed by atoms with E-state index in [9.17, 15) is 9.59 Å². The molecular weight excluding hydrogens is 252 g/mol. The zero-order valence-corrected chi connectivity index (χ0v) is 10.4. The lowest BCUT2D eigenvalue weighted by molar-refractivity contribution is -0.137. The van der Waals surface area contributed by atoms with Crippen LogP contribution in [-0.2, 0) is 4.79 Å². The summed E-state index contributed by atoms with van der Waals surface area (Å²) in [5, 5.41) is 15.5. The standard InChI is InChI=1S/C11H16N4O4/c12-10-9(13-19-14-10)11(18)15-5-1-2-7(6-15)3-4-8(16)17/h7H,1-6H2,(H2,12,14)(H,16,17). The van der Waals surface area contributed by atoms with Gasteiger partial charge in [-0.15, -0.1) is 0 Å². The number of hydrogen-bond acceptors (Lipinski definition) is 6. The minimum atomic E-state index is -0.812. The van der Waals surface area contributed by atoms with Gasteiger partial charge in [0.2, 0.25) is 11.5 Å². The normalized spacial score (nSPS) is 19.4. The summed E-state index contributed by atoms with van der Waals surface area (Å²) in [6, 6.07) is 0. The van der Waals surface area contributed by atoms with Crippen LogP contribution in [0.2, 0.25) is 0 Å². The third kappa shape index (κ3) is 3.21. The molecule has 0 saturated carbocycles. The topological polar surface area (TPSA) is 123 Å². The molecule has 8 heteroatoms. The number of carboxylic acid groups (broad SMARTS) is 1.